The van der Waals surface area contributed by atoms with Crippen molar-refractivity contribution in [3.8, 4) is 0 Å². The molecule has 2 N–H and O–H groups in total. The summed E-state index contributed by atoms with van der Waals surface area (Å²) in [6, 6.07) is 1.22. The van der Waals surface area contributed by atoms with Gasteiger partial charge in [-0.25, -0.2) is 8.78 Å². The van der Waals surface area contributed by atoms with Crippen LogP contribution >= 0.6 is 0 Å². The third kappa shape index (κ3) is 2.75. The molecule has 1 nitrogen and oxygen atoms in total. The molecule has 0 aromatic heterocycles. The lowest BCUT2D eigenvalue weighted by Crippen LogP contribution is -2.35. The molecule has 0 saturated heterocycles. The Kier molecular flexibility index (Phi) is 3.14. The van der Waals surface area contributed by atoms with Crippen molar-refractivity contribution in [3.63, 3.8) is 0 Å². The molecule has 1 aromatic carbocycles. The lowest BCUT2D eigenvalue weighted by molar-refractivity contribution is 0.487. The Morgan fingerprint density at radius 2 is 1.80 bits per heavy atom. The zero-order valence-electron chi connectivity index (χ0n) is 9.62. The van der Waals surface area contributed by atoms with Gasteiger partial charge < -0.3 is 5.73 Å². The van der Waals surface area contributed by atoms with Gasteiger partial charge >= 0.3 is 0 Å². The monoisotopic (exact) mass is 213 g/mol. The van der Waals surface area contributed by atoms with Crippen LogP contribution in [0.3, 0.4) is 0 Å². The van der Waals surface area contributed by atoms with E-state index in [-0.39, 0.29) is 11.6 Å². The predicted molar refractivity (Wildman–Crippen MR) is 57.8 cm³/mol. The molecule has 84 valence electrons. The minimum Gasteiger partial charge on any atom is -0.325 e. The molecule has 3 heteroatoms. The number of benzene rings is 1. The normalized spacial score (nSPS) is 11.9. The summed E-state index contributed by atoms with van der Waals surface area (Å²) in [7, 11) is 0. The van der Waals surface area contributed by atoms with Crippen LogP contribution in [0.5, 0.6) is 0 Å². The van der Waals surface area contributed by atoms with E-state index in [1.807, 2.05) is 0 Å². The molecule has 0 aliphatic carbocycles. The lowest BCUT2D eigenvalue weighted by atomic mass is 9.91. The van der Waals surface area contributed by atoms with Crippen molar-refractivity contribution in [1.29, 1.82) is 0 Å². The number of aryl methyl sites for hydroxylation is 1. The first kappa shape index (κ1) is 12.1. The Morgan fingerprint density at radius 1 is 1.27 bits per heavy atom. The molecular formula is C12H17F2N. The zero-order valence-corrected chi connectivity index (χ0v) is 9.62. The van der Waals surface area contributed by atoms with Crippen LogP contribution < -0.4 is 5.73 Å². The van der Waals surface area contributed by atoms with E-state index in [2.05, 4.69) is 0 Å². The molecule has 0 spiro atoms. The molecule has 1 aromatic rings. The average Bonchev–Trinajstić information content (AvgIpc) is 2.08. The van der Waals surface area contributed by atoms with Crippen LogP contribution in [-0.4, -0.2) is 5.54 Å². The standard InChI is InChI=1S/C12H17F2N/c1-7-5-10(13)8(2)9(11(7)14)6-12(3,4)15/h5H,6,15H2,1-4H3. The van der Waals surface area contributed by atoms with E-state index >= 15 is 0 Å². The number of halogens is 2. The van der Waals surface area contributed by atoms with Crippen molar-refractivity contribution < 1.29 is 8.78 Å². The lowest BCUT2D eigenvalue weighted by Gasteiger charge is -2.21. The second-order valence-corrected chi connectivity index (χ2v) is 4.76. The summed E-state index contributed by atoms with van der Waals surface area (Å²) in [6.45, 7) is 6.74. The Bertz CT molecular complexity index is 352. The average molecular weight is 213 g/mol. The van der Waals surface area contributed by atoms with E-state index in [1.54, 1.807) is 27.7 Å². The molecule has 0 bridgehead atoms. The maximum absolute atomic E-state index is 13.8. The Balaban J connectivity index is 3.27. The molecule has 0 heterocycles. The van der Waals surface area contributed by atoms with Crippen molar-refractivity contribution in [2.45, 2.75) is 39.7 Å². The molecule has 0 radical (unpaired) electrons. The largest absolute Gasteiger partial charge is 0.325 e. The van der Waals surface area contributed by atoms with Gasteiger partial charge in [0.25, 0.3) is 0 Å². The van der Waals surface area contributed by atoms with Crippen LogP contribution in [0.15, 0.2) is 6.07 Å². The second kappa shape index (κ2) is 3.89. The van der Waals surface area contributed by atoms with Gasteiger partial charge in [-0.05, 0) is 56.9 Å². The van der Waals surface area contributed by atoms with Gasteiger partial charge in [0.15, 0.2) is 0 Å². The highest BCUT2D eigenvalue weighted by Gasteiger charge is 2.19. The minimum absolute atomic E-state index is 0.331. The van der Waals surface area contributed by atoms with Crippen molar-refractivity contribution >= 4 is 0 Å². The summed E-state index contributed by atoms with van der Waals surface area (Å²) in [4.78, 5) is 0. The molecule has 0 aliphatic rings. The molecule has 0 atom stereocenters. The van der Waals surface area contributed by atoms with Crippen molar-refractivity contribution in [3.05, 3.63) is 34.4 Å². The van der Waals surface area contributed by atoms with Crippen molar-refractivity contribution in [2.75, 3.05) is 0 Å². The van der Waals surface area contributed by atoms with E-state index in [1.165, 1.54) is 6.07 Å². The van der Waals surface area contributed by atoms with E-state index in [4.69, 9.17) is 5.73 Å². The van der Waals surface area contributed by atoms with Crippen LogP contribution in [-0.2, 0) is 6.42 Å². The molecule has 0 unspecified atom stereocenters. The highest BCUT2D eigenvalue weighted by Crippen LogP contribution is 2.23. The molecule has 0 aliphatic heterocycles. The fourth-order valence-corrected chi connectivity index (χ4v) is 1.57. The summed E-state index contributed by atoms with van der Waals surface area (Å²) >= 11 is 0. The van der Waals surface area contributed by atoms with E-state index < -0.39 is 5.54 Å². The van der Waals surface area contributed by atoms with Gasteiger partial charge in [0.1, 0.15) is 11.6 Å². The van der Waals surface area contributed by atoms with Gasteiger partial charge in [-0.3, -0.25) is 0 Å². The van der Waals surface area contributed by atoms with Crippen molar-refractivity contribution in [1.82, 2.24) is 0 Å². The Labute approximate surface area is 89.3 Å². The summed E-state index contributed by atoms with van der Waals surface area (Å²) in [5, 5.41) is 0. The summed E-state index contributed by atoms with van der Waals surface area (Å²) in [6.07, 6.45) is 0.337. The quantitative estimate of drug-likeness (QED) is 0.803. The second-order valence-electron chi connectivity index (χ2n) is 4.76. The van der Waals surface area contributed by atoms with Crippen molar-refractivity contribution in [2.24, 2.45) is 5.73 Å². The Hall–Kier alpha value is -0.960. The van der Waals surface area contributed by atoms with E-state index in [0.717, 1.165) is 0 Å². The fraction of sp³-hybridized carbons (Fsp3) is 0.500. The molecule has 0 amide bonds. The number of hydrogen-bond donors (Lipinski definition) is 1. The van der Waals surface area contributed by atoms with Crippen LogP contribution in [0.4, 0.5) is 8.78 Å². The molecule has 0 saturated carbocycles. The summed E-state index contributed by atoms with van der Waals surface area (Å²) < 4.78 is 27.1. The predicted octanol–water partition coefficient (Wildman–Crippen LogP) is 2.86. The topological polar surface area (TPSA) is 26.0 Å². The molecule has 1 rings (SSSR count). The first-order valence-electron chi connectivity index (χ1n) is 4.95. The van der Waals surface area contributed by atoms with Gasteiger partial charge in [0, 0.05) is 5.54 Å². The van der Waals surface area contributed by atoms with Crippen LogP contribution in [0, 0.1) is 25.5 Å². The summed E-state index contributed by atoms with van der Waals surface area (Å²) in [5.41, 5.74) is 6.36. The van der Waals surface area contributed by atoms with Gasteiger partial charge in [0.05, 0.1) is 0 Å². The SMILES string of the molecule is Cc1cc(F)c(C)c(CC(C)(C)N)c1F. The van der Waals surface area contributed by atoms with Gasteiger partial charge in [0.2, 0.25) is 0 Å². The highest BCUT2D eigenvalue weighted by atomic mass is 19.1. The maximum Gasteiger partial charge on any atom is 0.129 e. The van der Waals surface area contributed by atoms with Gasteiger partial charge in [-0.2, -0.15) is 0 Å². The van der Waals surface area contributed by atoms with Crippen LogP contribution in [0.1, 0.15) is 30.5 Å². The highest BCUT2D eigenvalue weighted by molar-refractivity contribution is 5.34. The van der Waals surface area contributed by atoms with Crippen LogP contribution in [0.2, 0.25) is 0 Å². The zero-order chi connectivity index (χ0) is 11.8. The summed E-state index contributed by atoms with van der Waals surface area (Å²) in [5.74, 6) is -0.708. The van der Waals surface area contributed by atoms with E-state index in [0.29, 0.717) is 23.1 Å². The third-order valence-electron chi connectivity index (χ3n) is 2.40. The third-order valence-corrected chi connectivity index (χ3v) is 2.40. The minimum atomic E-state index is -0.536. The maximum atomic E-state index is 13.8. The first-order valence-corrected chi connectivity index (χ1v) is 4.95. The number of hydrogen-bond acceptors (Lipinski definition) is 1. The molecular weight excluding hydrogens is 196 g/mol. The van der Waals surface area contributed by atoms with Crippen LogP contribution in [0.25, 0.3) is 0 Å². The fourth-order valence-electron chi connectivity index (χ4n) is 1.57. The number of nitrogens with two attached hydrogens (primary N) is 1. The Morgan fingerprint density at radius 3 is 2.27 bits per heavy atom. The molecule has 15 heavy (non-hydrogen) atoms. The number of rotatable bonds is 2. The molecule has 0 fully saturated rings. The first-order chi connectivity index (χ1) is 6.72. The van der Waals surface area contributed by atoms with Gasteiger partial charge in [-0.1, -0.05) is 0 Å². The smallest absolute Gasteiger partial charge is 0.129 e. The van der Waals surface area contributed by atoms with Gasteiger partial charge in [-0.15, -0.1) is 0 Å². The van der Waals surface area contributed by atoms with E-state index in [9.17, 15) is 8.78 Å².